The van der Waals surface area contributed by atoms with E-state index in [4.69, 9.17) is 18.9 Å². The number of benzene rings is 2. The van der Waals surface area contributed by atoms with Crippen molar-refractivity contribution in [3.05, 3.63) is 77.0 Å². The van der Waals surface area contributed by atoms with Gasteiger partial charge in [0.15, 0.2) is 6.29 Å². The van der Waals surface area contributed by atoms with Crippen LogP contribution in [0, 0.1) is 20.8 Å². The summed E-state index contributed by atoms with van der Waals surface area (Å²) in [6, 6.07) is 10.2. The molecule has 0 radical (unpaired) electrons. The maximum Gasteiger partial charge on any atom is 0.407 e. The fraction of sp³-hybridized carbons (Fsp3) is 0.471. The number of hydrogen-bond acceptors (Lipinski definition) is 8. The lowest BCUT2D eigenvalue weighted by Gasteiger charge is -2.32. The first-order valence-corrected chi connectivity index (χ1v) is 16.6. The maximum atomic E-state index is 14.2. The van der Waals surface area contributed by atoms with Gasteiger partial charge in [0.1, 0.15) is 5.60 Å². The summed E-state index contributed by atoms with van der Waals surface area (Å²) in [7, 11) is -2.72. The Morgan fingerprint density at radius 1 is 1.11 bits per heavy atom. The molecule has 0 saturated carbocycles. The van der Waals surface area contributed by atoms with Crippen molar-refractivity contribution < 1.29 is 37.0 Å². The van der Waals surface area contributed by atoms with Crippen LogP contribution >= 0.6 is 0 Å². The Labute approximate surface area is 265 Å². The van der Waals surface area contributed by atoms with E-state index in [1.165, 1.54) is 23.2 Å². The third-order valence-electron chi connectivity index (χ3n) is 7.49. The van der Waals surface area contributed by atoms with Crippen LogP contribution in [0.25, 0.3) is 10.9 Å². The van der Waals surface area contributed by atoms with Gasteiger partial charge in [-0.05, 0) is 96.1 Å². The van der Waals surface area contributed by atoms with E-state index in [1.807, 2.05) is 31.2 Å². The number of carbonyl (C=O) groups excluding carboxylic acids is 2. The molecule has 2 aromatic carbocycles. The van der Waals surface area contributed by atoms with Crippen LogP contribution in [0.5, 0.6) is 0 Å². The molecule has 0 unspecified atom stereocenters. The molecule has 3 atom stereocenters. The van der Waals surface area contributed by atoms with Crippen molar-refractivity contribution in [1.82, 2.24) is 9.29 Å². The monoisotopic (exact) mass is 640 g/mol. The molecule has 244 valence electrons. The van der Waals surface area contributed by atoms with Crippen LogP contribution in [-0.4, -0.2) is 62.2 Å². The first kappa shape index (κ1) is 34.2. The SMILES string of the molecule is COC(=O)/C=C/[C@H](O[C@H]1CCCCO1)[C@H](Cc1cn(S(=O)(=O)c2c(C)cc(C)cc2C)c2ccccc12)NC(=O)OC(C)(C)C. The molecule has 45 heavy (non-hydrogen) atoms. The van der Waals surface area contributed by atoms with Crippen LogP contribution in [0.3, 0.4) is 0 Å². The fourth-order valence-corrected chi connectivity index (χ4v) is 7.52. The van der Waals surface area contributed by atoms with Crippen molar-refractivity contribution in [2.75, 3.05) is 13.7 Å². The van der Waals surface area contributed by atoms with Crippen molar-refractivity contribution in [1.29, 1.82) is 0 Å². The van der Waals surface area contributed by atoms with Crippen LogP contribution in [0.15, 0.2) is 59.6 Å². The van der Waals surface area contributed by atoms with Crippen molar-refractivity contribution >= 4 is 33.0 Å². The zero-order valence-corrected chi connectivity index (χ0v) is 27.9. The van der Waals surface area contributed by atoms with Gasteiger partial charge in [0.25, 0.3) is 10.0 Å². The van der Waals surface area contributed by atoms with Gasteiger partial charge in [-0.3, -0.25) is 0 Å². The lowest BCUT2D eigenvalue weighted by atomic mass is 10.00. The lowest BCUT2D eigenvalue weighted by Crippen LogP contribution is -2.48. The van der Waals surface area contributed by atoms with Crippen LogP contribution in [0.1, 0.15) is 62.3 Å². The second-order valence-electron chi connectivity index (χ2n) is 12.4. The normalized spacial score (nSPS) is 17.3. The molecule has 2 heterocycles. The molecule has 4 rings (SSSR count). The molecule has 1 aliphatic heterocycles. The number of aryl methyl sites for hydroxylation is 3. The number of para-hydroxylation sites is 1. The van der Waals surface area contributed by atoms with Gasteiger partial charge in [0.05, 0.1) is 29.7 Å². The predicted octanol–water partition coefficient (Wildman–Crippen LogP) is 5.88. The van der Waals surface area contributed by atoms with Crippen LogP contribution < -0.4 is 5.32 Å². The van der Waals surface area contributed by atoms with E-state index in [2.05, 4.69) is 5.32 Å². The third-order valence-corrected chi connectivity index (χ3v) is 9.47. The Balaban J connectivity index is 1.81. The van der Waals surface area contributed by atoms with E-state index in [-0.39, 0.29) is 11.3 Å². The van der Waals surface area contributed by atoms with E-state index in [0.29, 0.717) is 40.6 Å². The number of carbonyl (C=O) groups is 2. The molecular formula is C34H44N2O8S. The average molecular weight is 641 g/mol. The van der Waals surface area contributed by atoms with Crippen LogP contribution in [-0.2, 0) is 40.2 Å². The summed E-state index contributed by atoms with van der Waals surface area (Å²) in [4.78, 5) is 25.5. The van der Waals surface area contributed by atoms with Gasteiger partial charge in [0.2, 0.25) is 0 Å². The molecule has 1 amide bonds. The molecule has 1 fully saturated rings. The molecule has 1 saturated heterocycles. The zero-order valence-electron chi connectivity index (χ0n) is 27.1. The van der Waals surface area contributed by atoms with Gasteiger partial charge in [0, 0.05) is 24.3 Å². The van der Waals surface area contributed by atoms with Crippen LogP contribution in [0.4, 0.5) is 4.79 Å². The van der Waals surface area contributed by atoms with Gasteiger partial charge in [-0.15, -0.1) is 0 Å². The Morgan fingerprint density at radius 2 is 1.80 bits per heavy atom. The second kappa shape index (κ2) is 14.2. The number of rotatable bonds is 10. The van der Waals surface area contributed by atoms with Crippen molar-refractivity contribution in [2.24, 2.45) is 0 Å². The van der Waals surface area contributed by atoms with Gasteiger partial charge < -0.3 is 24.3 Å². The topological polar surface area (TPSA) is 122 Å². The summed E-state index contributed by atoms with van der Waals surface area (Å²) in [6.07, 6.45) is 4.91. The molecule has 0 bridgehead atoms. The van der Waals surface area contributed by atoms with E-state index in [9.17, 15) is 18.0 Å². The smallest absolute Gasteiger partial charge is 0.407 e. The highest BCUT2D eigenvalue weighted by atomic mass is 32.2. The second-order valence-corrected chi connectivity index (χ2v) is 14.2. The fourth-order valence-electron chi connectivity index (χ4n) is 5.71. The summed E-state index contributed by atoms with van der Waals surface area (Å²) in [6.45, 7) is 11.3. The van der Waals surface area contributed by atoms with Crippen molar-refractivity contribution in [3.63, 3.8) is 0 Å². The average Bonchev–Trinajstić information content (AvgIpc) is 3.33. The predicted molar refractivity (Wildman–Crippen MR) is 172 cm³/mol. The molecule has 11 heteroatoms. The van der Waals surface area contributed by atoms with Crippen LogP contribution in [0.2, 0.25) is 0 Å². The standard InChI is InChI=1S/C34H44N2O8S/c1-22-18-23(2)32(24(3)19-22)45(39,40)36-21-25(26-12-8-9-13-28(26)36)20-27(35-33(38)44-34(4,5)6)29(15-16-30(37)41-7)43-31-14-10-11-17-42-31/h8-9,12-13,15-16,18-19,21,27,29,31H,10-11,14,17,20H2,1-7H3,(H,35,38)/b16-15+/t27-,29-,31-/m0/s1. The van der Waals surface area contributed by atoms with E-state index < -0.39 is 46.1 Å². The largest absolute Gasteiger partial charge is 0.466 e. The van der Waals surface area contributed by atoms with Gasteiger partial charge >= 0.3 is 12.1 Å². The Bertz CT molecular complexity index is 1640. The molecular weight excluding hydrogens is 596 g/mol. The molecule has 1 aliphatic rings. The third kappa shape index (κ3) is 8.53. The highest BCUT2D eigenvalue weighted by Gasteiger charge is 2.31. The molecule has 3 aromatic rings. The summed E-state index contributed by atoms with van der Waals surface area (Å²) < 4.78 is 52.3. The number of alkyl carbamates (subject to hydrolysis) is 1. The number of fused-ring (bicyclic) bond motifs is 1. The molecule has 0 aliphatic carbocycles. The minimum atomic E-state index is -4.00. The molecule has 1 aromatic heterocycles. The number of hydrogen-bond donors (Lipinski definition) is 1. The highest BCUT2D eigenvalue weighted by molar-refractivity contribution is 7.90. The number of ether oxygens (including phenoxy) is 4. The minimum absolute atomic E-state index is 0.150. The summed E-state index contributed by atoms with van der Waals surface area (Å²) in [5.74, 6) is -0.587. The number of nitrogens with zero attached hydrogens (tertiary/aromatic N) is 1. The van der Waals surface area contributed by atoms with Crippen molar-refractivity contribution in [2.45, 2.75) is 96.2 Å². The van der Waals surface area contributed by atoms with E-state index >= 15 is 0 Å². The molecule has 0 spiro atoms. The summed E-state index contributed by atoms with van der Waals surface area (Å²) in [5.41, 5.74) is 2.68. The van der Waals surface area contributed by atoms with Crippen molar-refractivity contribution in [3.8, 4) is 0 Å². The van der Waals surface area contributed by atoms with Gasteiger partial charge in [-0.1, -0.05) is 35.9 Å². The molecule has 1 N–H and O–H groups in total. The first-order valence-electron chi connectivity index (χ1n) is 15.1. The van der Waals surface area contributed by atoms with Gasteiger partial charge in [-0.25, -0.2) is 22.0 Å². The number of aromatic nitrogens is 1. The quantitative estimate of drug-likeness (QED) is 0.215. The summed E-state index contributed by atoms with van der Waals surface area (Å²) >= 11 is 0. The number of nitrogens with one attached hydrogen (secondary N) is 1. The number of esters is 1. The van der Waals surface area contributed by atoms with E-state index in [1.54, 1.807) is 52.9 Å². The zero-order chi connectivity index (χ0) is 32.9. The Hall–Kier alpha value is -3.67. The minimum Gasteiger partial charge on any atom is -0.466 e. The molecule has 10 nitrogen and oxygen atoms in total. The number of amides is 1. The Kier molecular flexibility index (Phi) is 10.8. The lowest BCUT2D eigenvalue weighted by molar-refractivity contribution is -0.183. The maximum absolute atomic E-state index is 14.2. The highest BCUT2D eigenvalue weighted by Crippen LogP contribution is 2.31. The summed E-state index contributed by atoms with van der Waals surface area (Å²) in [5, 5.41) is 3.62. The van der Waals surface area contributed by atoms with E-state index in [0.717, 1.165) is 18.4 Å². The number of methoxy groups -OCH3 is 1. The first-order chi connectivity index (χ1) is 21.2. The Morgan fingerprint density at radius 3 is 2.42 bits per heavy atom. The van der Waals surface area contributed by atoms with Gasteiger partial charge in [-0.2, -0.15) is 0 Å².